The molecule has 0 fully saturated rings. The van der Waals surface area contributed by atoms with Gasteiger partial charge in [0.2, 0.25) is 0 Å². The molecule has 0 bridgehead atoms. The second-order valence-corrected chi connectivity index (χ2v) is 26.5. The second kappa shape index (κ2) is 67.9. The molecular weight excluding hydrogens is 1220 g/mol. The van der Waals surface area contributed by atoms with Gasteiger partial charge in [-0.15, -0.1) is 0 Å². The fourth-order valence-corrected chi connectivity index (χ4v) is 10.9. The van der Waals surface area contributed by atoms with E-state index < -0.39 is 91.5 Å². The van der Waals surface area contributed by atoms with Gasteiger partial charge in [0.25, 0.3) is 0 Å². The number of aliphatic hydroxyl groups excluding tert-OH is 2. The molecule has 16 nitrogen and oxygen atoms in total. The molecule has 0 saturated heterocycles. The van der Waals surface area contributed by atoms with Crippen molar-refractivity contribution in [3.05, 3.63) is 122 Å². The van der Waals surface area contributed by atoms with E-state index in [0.29, 0.717) is 19.3 Å². The summed E-state index contributed by atoms with van der Waals surface area (Å²) in [6.07, 6.45) is 78.1. The van der Waals surface area contributed by atoms with Crippen molar-refractivity contribution in [1.82, 2.24) is 0 Å². The molecule has 0 aliphatic rings. The van der Waals surface area contributed by atoms with E-state index in [1.807, 2.05) is 0 Å². The number of ether oxygens (including phenoxy) is 3. The van der Waals surface area contributed by atoms with Crippen molar-refractivity contribution in [2.75, 3.05) is 39.6 Å². The van der Waals surface area contributed by atoms with E-state index in [2.05, 4.69) is 142 Å². The Morgan fingerprint density at radius 2 is 0.570 bits per heavy atom. The lowest BCUT2D eigenvalue weighted by Crippen LogP contribution is -2.30. The maximum atomic E-state index is 12.9. The van der Waals surface area contributed by atoms with Gasteiger partial charge in [0, 0.05) is 19.3 Å². The molecule has 18 heteroatoms. The van der Waals surface area contributed by atoms with Gasteiger partial charge in [-0.3, -0.25) is 32.5 Å². The van der Waals surface area contributed by atoms with E-state index in [9.17, 15) is 43.5 Å². The van der Waals surface area contributed by atoms with Crippen LogP contribution >= 0.6 is 15.6 Å². The number of allylic oxidation sites excluding steroid dienone is 20. The molecule has 0 aromatic heterocycles. The predicted octanol–water partition coefficient (Wildman–Crippen LogP) is 20.2. The smallest absolute Gasteiger partial charge is 0.463 e. The summed E-state index contributed by atoms with van der Waals surface area (Å²) in [5.41, 5.74) is 0. The average Bonchev–Trinajstić information content (AvgIpc) is 3.74. The van der Waals surface area contributed by atoms with Gasteiger partial charge >= 0.3 is 33.6 Å². The van der Waals surface area contributed by atoms with Crippen LogP contribution in [0.5, 0.6) is 0 Å². The Kier molecular flexibility index (Phi) is 65.0. The lowest BCUT2D eigenvalue weighted by Gasteiger charge is -2.21. The molecule has 0 radical (unpaired) electrons. The number of hydrogen-bond acceptors (Lipinski definition) is 14. The molecular formula is C75H128O16P2. The summed E-state index contributed by atoms with van der Waals surface area (Å²) in [4.78, 5) is 58.5. The number of phosphoric ester groups is 2. The number of hydrogen-bond donors (Lipinski definition) is 4. The van der Waals surface area contributed by atoms with Crippen LogP contribution in [-0.2, 0) is 55.8 Å². The van der Waals surface area contributed by atoms with Crippen LogP contribution < -0.4 is 0 Å². The number of phosphoric acid groups is 2. The summed E-state index contributed by atoms with van der Waals surface area (Å²) >= 11 is 0. The van der Waals surface area contributed by atoms with Crippen LogP contribution in [0.2, 0.25) is 0 Å². The molecule has 0 aromatic rings. The van der Waals surface area contributed by atoms with Crippen molar-refractivity contribution in [3.63, 3.8) is 0 Å². The summed E-state index contributed by atoms with van der Waals surface area (Å²) in [5, 5.41) is 20.6. The fraction of sp³-hybridized carbons (Fsp3) is 0.693. The minimum atomic E-state index is -4.93. The number of carbonyl (C=O) groups excluding carboxylic acids is 3. The van der Waals surface area contributed by atoms with Gasteiger partial charge in [-0.2, -0.15) is 0 Å². The van der Waals surface area contributed by atoms with Crippen LogP contribution in [0.1, 0.15) is 278 Å². The number of aliphatic hydroxyl groups is 2. The van der Waals surface area contributed by atoms with Crippen LogP contribution in [0.3, 0.4) is 0 Å². The Morgan fingerprint density at radius 1 is 0.312 bits per heavy atom. The average molecular weight is 1350 g/mol. The molecule has 5 atom stereocenters. The standard InChI is InChI=1S/C75H128O16P2/c1-4-7-10-13-16-19-22-25-28-30-32-33-34-35-37-39-41-43-46-49-52-55-58-61-73(78)85-64-70(76)65-87-92(81,82)88-66-71(77)67-89-93(83,84)90-69-72(91-75(80)63-60-57-54-51-48-45-40-27-24-21-18-15-12-9-6-3)68-86-74(79)62-59-56-53-50-47-44-42-38-36-31-29-26-23-20-17-14-11-8-5-2/h7-8,10-11,16-17,19-20,25-26,28-29,32-33,35-38,41,43,70-72,76-77H,4-6,9,12-15,18,21-24,27,30-31,34,39-40,42,44-69H2,1-3H3,(H,81,82)(H,83,84)/b10-7-,11-8-,19-16-,20-17-,28-25-,29-26-,33-32-,37-35-,38-36-,43-41-. The highest BCUT2D eigenvalue weighted by atomic mass is 31.2. The van der Waals surface area contributed by atoms with E-state index in [0.717, 1.165) is 154 Å². The number of unbranched alkanes of at least 4 members (excludes halogenated alkanes) is 24. The Bertz CT molecular complexity index is 2180. The zero-order valence-electron chi connectivity index (χ0n) is 57.9. The number of esters is 3. The second-order valence-electron chi connectivity index (χ2n) is 23.6. The molecule has 534 valence electrons. The van der Waals surface area contributed by atoms with Gasteiger partial charge in [-0.1, -0.05) is 271 Å². The van der Waals surface area contributed by atoms with Gasteiger partial charge in [-0.05, 0) is 109 Å². The van der Waals surface area contributed by atoms with E-state index in [1.54, 1.807) is 0 Å². The van der Waals surface area contributed by atoms with Crippen molar-refractivity contribution in [2.45, 2.75) is 296 Å². The molecule has 93 heavy (non-hydrogen) atoms. The summed E-state index contributed by atoms with van der Waals surface area (Å²) in [7, 11) is -9.79. The first-order valence-corrected chi connectivity index (χ1v) is 38.8. The zero-order valence-corrected chi connectivity index (χ0v) is 59.7. The van der Waals surface area contributed by atoms with Crippen LogP contribution in [0.25, 0.3) is 0 Å². The van der Waals surface area contributed by atoms with Crippen LogP contribution in [0.4, 0.5) is 0 Å². The van der Waals surface area contributed by atoms with Gasteiger partial charge in [-0.25, -0.2) is 9.13 Å². The SMILES string of the molecule is CC/C=C\C/C=C\C/C=C\C/C=C\C/C=C\C/C=C\CCCCCCC(=O)OCC(O)COP(=O)(O)OCC(O)COP(=O)(O)OCC(COC(=O)CCCCCCCC/C=C\C/C=C\C/C=C\C/C=C\CC)OC(=O)CCCCCCCCCCCCCCCCC. The quantitative estimate of drug-likeness (QED) is 0.0146. The Morgan fingerprint density at radius 3 is 0.903 bits per heavy atom. The van der Waals surface area contributed by atoms with Crippen molar-refractivity contribution in [3.8, 4) is 0 Å². The highest BCUT2D eigenvalue weighted by Gasteiger charge is 2.29. The highest BCUT2D eigenvalue weighted by Crippen LogP contribution is 2.45. The molecule has 0 aromatic carbocycles. The van der Waals surface area contributed by atoms with Crippen molar-refractivity contribution in [1.29, 1.82) is 0 Å². The van der Waals surface area contributed by atoms with Crippen molar-refractivity contribution < 1.29 is 75.8 Å². The topological polar surface area (TPSA) is 231 Å². The Balaban J connectivity index is 4.67. The molecule has 0 aliphatic heterocycles. The monoisotopic (exact) mass is 1350 g/mol. The minimum Gasteiger partial charge on any atom is -0.463 e. The third-order valence-corrected chi connectivity index (χ3v) is 16.6. The maximum Gasteiger partial charge on any atom is 0.472 e. The largest absolute Gasteiger partial charge is 0.472 e. The maximum absolute atomic E-state index is 12.9. The van der Waals surface area contributed by atoms with Crippen LogP contribution in [-0.4, -0.2) is 95.9 Å². The van der Waals surface area contributed by atoms with Gasteiger partial charge in [0.15, 0.2) is 6.10 Å². The van der Waals surface area contributed by atoms with E-state index >= 15 is 0 Å². The molecule has 0 rings (SSSR count). The highest BCUT2D eigenvalue weighted by molar-refractivity contribution is 7.47. The fourth-order valence-electron chi connectivity index (χ4n) is 9.27. The van der Waals surface area contributed by atoms with E-state index in [4.69, 9.17) is 32.3 Å². The molecule has 4 N–H and O–H groups in total. The van der Waals surface area contributed by atoms with Crippen molar-refractivity contribution >= 4 is 33.6 Å². The summed E-state index contributed by atoms with van der Waals surface area (Å²) in [6, 6.07) is 0. The molecule has 5 unspecified atom stereocenters. The number of rotatable bonds is 67. The minimum absolute atomic E-state index is 0.102. The van der Waals surface area contributed by atoms with Crippen LogP contribution in [0.15, 0.2) is 122 Å². The van der Waals surface area contributed by atoms with Gasteiger partial charge < -0.3 is 34.2 Å². The van der Waals surface area contributed by atoms with Gasteiger partial charge in [0.1, 0.15) is 25.4 Å². The molecule has 0 aliphatic carbocycles. The van der Waals surface area contributed by atoms with E-state index in [-0.39, 0.29) is 19.3 Å². The third kappa shape index (κ3) is 69.1. The Labute approximate surface area is 563 Å². The molecule has 0 saturated carbocycles. The van der Waals surface area contributed by atoms with Crippen LogP contribution in [0, 0.1) is 0 Å². The van der Waals surface area contributed by atoms with Crippen molar-refractivity contribution in [2.24, 2.45) is 0 Å². The third-order valence-electron chi connectivity index (χ3n) is 14.7. The predicted molar refractivity (Wildman–Crippen MR) is 380 cm³/mol. The first-order valence-electron chi connectivity index (χ1n) is 35.8. The molecule has 0 spiro atoms. The van der Waals surface area contributed by atoms with E-state index in [1.165, 1.54) is 64.2 Å². The number of carbonyl (C=O) groups is 3. The summed E-state index contributed by atoms with van der Waals surface area (Å²) in [5.74, 6) is -1.61. The normalized spacial score (nSPS) is 14.9. The first-order chi connectivity index (χ1) is 45.2. The first kappa shape index (κ1) is 89.0. The summed E-state index contributed by atoms with van der Waals surface area (Å²) in [6.45, 7) is 2.41. The lowest BCUT2D eigenvalue weighted by molar-refractivity contribution is -0.161. The van der Waals surface area contributed by atoms with Gasteiger partial charge in [0.05, 0.1) is 26.4 Å². The summed E-state index contributed by atoms with van der Waals surface area (Å²) < 4.78 is 61.0. The Hall–Kier alpha value is -4.05. The lowest BCUT2D eigenvalue weighted by atomic mass is 10.0. The zero-order chi connectivity index (χ0) is 68.1. The molecule has 0 heterocycles. The molecule has 0 amide bonds.